The molecule has 1 rings (SSSR count). The van der Waals surface area contributed by atoms with Crippen LogP contribution in [0, 0.1) is 10.1 Å². The number of hydrogen-bond acceptors (Lipinski definition) is 5. The molecule has 0 saturated carbocycles. The van der Waals surface area contributed by atoms with E-state index in [9.17, 15) is 10.1 Å². The van der Waals surface area contributed by atoms with Gasteiger partial charge in [0.2, 0.25) is 5.75 Å². The highest BCUT2D eigenvalue weighted by Crippen LogP contribution is 2.37. The van der Waals surface area contributed by atoms with Crippen LogP contribution in [0.15, 0.2) is 12.1 Å². The Morgan fingerprint density at radius 3 is 1.92 bits per heavy atom. The molecule has 0 aromatic heterocycles. The molecule has 0 atom stereocenters. The molecule has 64 valence electrons. The van der Waals surface area contributed by atoms with E-state index in [1.54, 1.807) is 0 Å². The first-order chi connectivity index (χ1) is 5.52. The summed E-state index contributed by atoms with van der Waals surface area (Å²) < 4.78 is 0. The molecule has 0 aliphatic heterocycles. The van der Waals surface area contributed by atoms with Crippen LogP contribution < -0.4 is 0 Å². The Kier molecular flexibility index (Phi) is 1.74. The Balaban J connectivity index is 3.31. The van der Waals surface area contributed by atoms with Gasteiger partial charge in [-0.25, -0.2) is 0 Å². The van der Waals surface area contributed by atoms with Gasteiger partial charge in [-0.2, -0.15) is 0 Å². The molecule has 0 bridgehead atoms. The lowest BCUT2D eigenvalue weighted by atomic mass is 10.2. The van der Waals surface area contributed by atoms with Gasteiger partial charge >= 0.3 is 0 Å². The van der Waals surface area contributed by atoms with E-state index in [-0.39, 0.29) is 0 Å². The minimum absolute atomic E-state index is 0.484. The van der Waals surface area contributed by atoms with Crippen molar-refractivity contribution in [2.75, 3.05) is 0 Å². The highest BCUT2D eigenvalue weighted by Gasteiger charge is 2.14. The topological polar surface area (TPSA) is 104 Å². The fourth-order valence-corrected chi connectivity index (χ4v) is 0.695. The first kappa shape index (κ1) is 8.12. The Bertz CT molecular complexity index is 312. The van der Waals surface area contributed by atoms with Crippen molar-refractivity contribution in [3.63, 3.8) is 0 Å². The monoisotopic (exact) mass is 171 g/mol. The van der Waals surface area contributed by atoms with Crippen molar-refractivity contribution in [2.24, 2.45) is 0 Å². The smallest absolute Gasteiger partial charge is 0.277 e. The fraction of sp³-hybridized carbons (Fsp3) is 0. The number of phenolic OH excluding ortho intramolecular Hbond substituents is 3. The zero-order valence-electron chi connectivity index (χ0n) is 5.76. The third kappa shape index (κ3) is 1.22. The molecule has 3 N–H and O–H groups in total. The van der Waals surface area contributed by atoms with E-state index in [1.807, 2.05) is 0 Å². The summed E-state index contributed by atoms with van der Waals surface area (Å²) in [5, 5.41) is 36.5. The number of nitro benzene ring substituents is 1. The van der Waals surface area contributed by atoms with Gasteiger partial charge in [0.25, 0.3) is 5.69 Å². The van der Waals surface area contributed by atoms with Crippen LogP contribution >= 0.6 is 0 Å². The molecule has 0 heterocycles. The SMILES string of the molecule is O=[N+]([O-])c1cc(O)c(O)c(O)c1. The van der Waals surface area contributed by atoms with E-state index in [2.05, 4.69) is 0 Å². The third-order valence-corrected chi connectivity index (χ3v) is 1.27. The summed E-state index contributed by atoms with van der Waals surface area (Å²) in [5.41, 5.74) is -0.484. The van der Waals surface area contributed by atoms with E-state index in [4.69, 9.17) is 15.3 Å². The molecule has 1 aromatic rings. The minimum atomic E-state index is -0.793. The molecule has 0 fully saturated rings. The quantitative estimate of drug-likeness (QED) is 0.328. The molecule has 6 nitrogen and oxygen atoms in total. The summed E-state index contributed by atoms with van der Waals surface area (Å²) >= 11 is 0. The highest BCUT2D eigenvalue weighted by molar-refractivity contribution is 5.55. The molecule has 12 heavy (non-hydrogen) atoms. The first-order valence-corrected chi connectivity index (χ1v) is 2.91. The van der Waals surface area contributed by atoms with Crippen molar-refractivity contribution in [3.8, 4) is 17.2 Å². The van der Waals surface area contributed by atoms with Gasteiger partial charge in [-0.3, -0.25) is 10.1 Å². The highest BCUT2D eigenvalue weighted by atomic mass is 16.6. The first-order valence-electron chi connectivity index (χ1n) is 2.91. The third-order valence-electron chi connectivity index (χ3n) is 1.27. The van der Waals surface area contributed by atoms with Gasteiger partial charge in [-0.1, -0.05) is 0 Å². The van der Waals surface area contributed by atoms with Crippen LogP contribution in [0.2, 0.25) is 0 Å². The molecule has 0 amide bonds. The van der Waals surface area contributed by atoms with E-state index in [0.29, 0.717) is 0 Å². The van der Waals surface area contributed by atoms with Gasteiger partial charge in [-0.05, 0) is 0 Å². The van der Waals surface area contributed by atoms with Crippen molar-refractivity contribution in [1.82, 2.24) is 0 Å². The predicted octanol–water partition coefficient (Wildman–Crippen LogP) is 0.712. The molecule has 6 heteroatoms. The number of hydrogen-bond donors (Lipinski definition) is 3. The summed E-state index contributed by atoms with van der Waals surface area (Å²) in [5.74, 6) is -2.20. The second-order valence-corrected chi connectivity index (χ2v) is 2.09. The van der Waals surface area contributed by atoms with Crippen LogP contribution in [0.1, 0.15) is 0 Å². The average molecular weight is 171 g/mol. The van der Waals surface area contributed by atoms with Crippen molar-refractivity contribution in [2.45, 2.75) is 0 Å². The predicted molar refractivity (Wildman–Crippen MR) is 38.1 cm³/mol. The summed E-state index contributed by atoms with van der Waals surface area (Å²) in [6.45, 7) is 0. The normalized spacial score (nSPS) is 9.67. The van der Waals surface area contributed by atoms with Gasteiger partial charge in [-0.15, -0.1) is 0 Å². The van der Waals surface area contributed by atoms with Crippen LogP contribution in [-0.2, 0) is 0 Å². The van der Waals surface area contributed by atoms with Gasteiger partial charge in [0.15, 0.2) is 11.5 Å². The van der Waals surface area contributed by atoms with Crippen LogP contribution in [0.5, 0.6) is 17.2 Å². The second-order valence-electron chi connectivity index (χ2n) is 2.09. The van der Waals surface area contributed by atoms with Gasteiger partial charge in [0.1, 0.15) is 0 Å². The molecule has 0 spiro atoms. The van der Waals surface area contributed by atoms with E-state index in [1.165, 1.54) is 0 Å². The van der Waals surface area contributed by atoms with Crippen molar-refractivity contribution >= 4 is 5.69 Å². The lowest BCUT2D eigenvalue weighted by molar-refractivity contribution is -0.385. The fourth-order valence-electron chi connectivity index (χ4n) is 0.695. The number of phenols is 3. The summed E-state index contributed by atoms with van der Waals surface area (Å²) in [6.07, 6.45) is 0. The number of nitro groups is 1. The summed E-state index contributed by atoms with van der Waals surface area (Å²) in [7, 11) is 0. The van der Waals surface area contributed by atoms with E-state index in [0.717, 1.165) is 12.1 Å². The van der Waals surface area contributed by atoms with Crippen LogP contribution in [0.3, 0.4) is 0 Å². The maximum atomic E-state index is 10.1. The van der Waals surface area contributed by atoms with Crippen molar-refractivity contribution in [1.29, 1.82) is 0 Å². The summed E-state index contributed by atoms with van der Waals surface area (Å²) in [6, 6.07) is 1.49. The van der Waals surface area contributed by atoms with Crippen molar-refractivity contribution < 1.29 is 20.2 Å². The molecular weight excluding hydrogens is 166 g/mol. The van der Waals surface area contributed by atoms with Crippen LogP contribution in [-0.4, -0.2) is 20.2 Å². The maximum absolute atomic E-state index is 10.1. The molecule has 0 aliphatic carbocycles. The van der Waals surface area contributed by atoms with E-state index >= 15 is 0 Å². The lowest BCUT2D eigenvalue weighted by Gasteiger charge is -1.99. The van der Waals surface area contributed by atoms with E-state index < -0.39 is 27.9 Å². The molecule has 1 aromatic carbocycles. The number of benzene rings is 1. The van der Waals surface area contributed by atoms with Crippen LogP contribution in [0.4, 0.5) is 5.69 Å². The van der Waals surface area contributed by atoms with Crippen molar-refractivity contribution in [3.05, 3.63) is 22.2 Å². The van der Waals surface area contributed by atoms with Gasteiger partial charge < -0.3 is 15.3 Å². The van der Waals surface area contributed by atoms with Gasteiger partial charge in [0.05, 0.1) is 17.1 Å². The second kappa shape index (κ2) is 2.57. The average Bonchev–Trinajstić information content (AvgIpc) is 1.99. The number of non-ortho nitro benzene ring substituents is 1. The summed E-state index contributed by atoms with van der Waals surface area (Å²) in [4.78, 5) is 9.33. The minimum Gasteiger partial charge on any atom is -0.504 e. The zero-order valence-corrected chi connectivity index (χ0v) is 5.76. The number of nitrogens with zero attached hydrogens (tertiary/aromatic N) is 1. The Morgan fingerprint density at radius 1 is 1.17 bits per heavy atom. The number of rotatable bonds is 1. The lowest BCUT2D eigenvalue weighted by Crippen LogP contribution is -1.86. The van der Waals surface area contributed by atoms with Gasteiger partial charge in [0, 0.05) is 0 Å². The molecular formula is C6H5NO5. The Morgan fingerprint density at radius 2 is 1.58 bits per heavy atom. The maximum Gasteiger partial charge on any atom is 0.277 e. The zero-order chi connectivity index (χ0) is 9.30. The number of aromatic hydroxyl groups is 3. The molecule has 0 unspecified atom stereocenters. The standard InChI is InChI=1S/C6H5NO5/c8-4-1-3(7(11)12)2-5(9)6(4)10/h1-2,8-10H. The molecule has 0 radical (unpaired) electrons. The van der Waals surface area contributed by atoms with Crippen LogP contribution in [0.25, 0.3) is 0 Å². The Hall–Kier alpha value is -1.98. The molecule has 0 aliphatic rings. The largest absolute Gasteiger partial charge is 0.504 e. The molecule has 0 saturated heterocycles. The Labute approximate surface area is 66.5 Å².